The normalized spacial score (nSPS) is 13.1. The van der Waals surface area contributed by atoms with Gasteiger partial charge < -0.3 is 5.11 Å². The van der Waals surface area contributed by atoms with Crippen LogP contribution in [0.1, 0.15) is 11.0 Å². The minimum Gasteiger partial charge on any atom is -0.383 e. The second-order valence-electron chi connectivity index (χ2n) is 2.10. The van der Waals surface area contributed by atoms with E-state index in [4.69, 9.17) is 5.26 Å². The molecule has 1 N–H and O–H groups in total. The molecule has 0 aliphatic carbocycles. The lowest BCUT2D eigenvalue weighted by atomic mass is 10.3. The second-order valence-corrected chi connectivity index (χ2v) is 3.96. The fourth-order valence-corrected chi connectivity index (χ4v) is 2.12. The Morgan fingerprint density at radius 2 is 2.50 bits per heavy atom. The second kappa shape index (κ2) is 4.41. The van der Waals surface area contributed by atoms with Crippen LogP contribution in [0.4, 0.5) is 0 Å². The fraction of sp³-hybridized carbons (Fsp3) is 0.125. The zero-order valence-corrected chi connectivity index (χ0v) is 8.47. The van der Waals surface area contributed by atoms with Crippen LogP contribution in [-0.2, 0) is 0 Å². The molecule has 0 saturated carbocycles. The summed E-state index contributed by atoms with van der Waals surface area (Å²) in [4.78, 5) is 0.827. The number of hydrogen-bond donors (Lipinski definition) is 1. The van der Waals surface area contributed by atoms with Crippen molar-refractivity contribution in [3.05, 3.63) is 32.9 Å². The predicted molar refractivity (Wildman–Crippen MR) is 51.7 cm³/mol. The van der Waals surface area contributed by atoms with Crippen molar-refractivity contribution in [2.75, 3.05) is 0 Å². The van der Waals surface area contributed by atoms with Gasteiger partial charge in [-0.3, -0.25) is 0 Å². The molecule has 1 heterocycles. The molecule has 1 atom stereocenters. The number of aliphatic hydroxyl groups is 1. The summed E-state index contributed by atoms with van der Waals surface area (Å²) in [6.45, 7) is 0. The first-order chi connectivity index (χ1) is 5.74. The summed E-state index contributed by atoms with van der Waals surface area (Å²) in [5.41, 5.74) is 0. The Balaban J connectivity index is 2.72. The van der Waals surface area contributed by atoms with Gasteiger partial charge in [-0.05, 0) is 28.1 Å². The Morgan fingerprint density at radius 3 is 3.00 bits per heavy atom. The van der Waals surface area contributed by atoms with Crippen LogP contribution in [0.15, 0.2) is 28.1 Å². The average Bonchev–Trinajstić information content (AvgIpc) is 2.47. The van der Waals surface area contributed by atoms with Crippen LogP contribution in [0, 0.1) is 11.3 Å². The van der Waals surface area contributed by atoms with E-state index in [0.29, 0.717) is 0 Å². The van der Waals surface area contributed by atoms with Gasteiger partial charge in [0.2, 0.25) is 0 Å². The van der Waals surface area contributed by atoms with Crippen LogP contribution in [-0.4, -0.2) is 5.11 Å². The molecular formula is C8H6BrNOS. The molecule has 1 aromatic rings. The molecule has 0 aromatic carbocycles. The molecule has 0 saturated heterocycles. The molecule has 4 heteroatoms. The molecule has 0 bridgehead atoms. The predicted octanol–water partition coefficient (Wildman–Crippen LogP) is 2.62. The van der Waals surface area contributed by atoms with Crippen molar-refractivity contribution in [2.24, 2.45) is 0 Å². The van der Waals surface area contributed by atoms with Gasteiger partial charge in [-0.1, -0.05) is 0 Å². The first-order valence-electron chi connectivity index (χ1n) is 3.22. The van der Waals surface area contributed by atoms with E-state index >= 15 is 0 Å². The van der Waals surface area contributed by atoms with Gasteiger partial charge in [-0.15, -0.1) is 11.3 Å². The van der Waals surface area contributed by atoms with Crippen LogP contribution >= 0.6 is 27.3 Å². The minimum atomic E-state index is -0.666. The summed E-state index contributed by atoms with van der Waals surface area (Å²) in [5, 5.41) is 19.5. The largest absolute Gasteiger partial charge is 0.383 e. The van der Waals surface area contributed by atoms with Crippen molar-refractivity contribution in [3.8, 4) is 6.07 Å². The van der Waals surface area contributed by atoms with E-state index in [0.717, 1.165) is 9.35 Å². The van der Waals surface area contributed by atoms with Crippen LogP contribution < -0.4 is 0 Å². The van der Waals surface area contributed by atoms with Crippen molar-refractivity contribution in [1.82, 2.24) is 0 Å². The van der Waals surface area contributed by atoms with Crippen LogP contribution in [0.2, 0.25) is 0 Å². The summed E-state index contributed by atoms with van der Waals surface area (Å²) in [6, 6.07) is 3.66. The topological polar surface area (TPSA) is 44.0 Å². The summed E-state index contributed by atoms with van der Waals surface area (Å²) in [5.74, 6) is 0. The average molecular weight is 244 g/mol. The maximum atomic E-state index is 9.42. The van der Waals surface area contributed by atoms with Gasteiger partial charge in [0, 0.05) is 20.8 Å². The van der Waals surface area contributed by atoms with E-state index in [1.807, 2.05) is 17.5 Å². The number of allylic oxidation sites excluding steroid dienone is 1. The maximum absolute atomic E-state index is 9.42. The molecule has 0 aliphatic rings. The summed E-state index contributed by atoms with van der Waals surface area (Å²) >= 11 is 4.73. The Morgan fingerprint density at radius 1 is 1.75 bits per heavy atom. The third-order valence-electron chi connectivity index (χ3n) is 1.23. The summed E-state index contributed by atoms with van der Waals surface area (Å²) in [7, 11) is 0. The third kappa shape index (κ3) is 2.45. The monoisotopic (exact) mass is 243 g/mol. The Labute approximate surface area is 82.9 Å². The van der Waals surface area contributed by atoms with E-state index in [9.17, 15) is 5.11 Å². The lowest BCUT2D eigenvalue weighted by molar-refractivity contribution is 0.232. The lowest BCUT2D eigenvalue weighted by Crippen LogP contribution is -1.87. The molecule has 0 fully saturated rings. The summed E-state index contributed by atoms with van der Waals surface area (Å²) in [6.07, 6.45) is 2.07. The maximum Gasteiger partial charge on any atom is 0.107 e. The first-order valence-corrected chi connectivity index (χ1v) is 4.89. The molecule has 2 nitrogen and oxygen atoms in total. The van der Waals surface area contributed by atoms with Crippen LogP contribution in [0.3, 0.4) is 0 Å². The highest BCUT2D eigenvalue weighted by Crippen LogP contribution is 2.25. The van der Waals surface area contributed by atoms with E-state index in [2.05, 4.69) is 15.9 Å². The van der Waals surface area contributed by atoms with Gasteiger partial charge in [0.1, 0.15) is 6.10 Å². The van der Waals surface area contributed by atoms with E-state index in [1.54, 1.807) is 0 Å². The van der Waals surface area contributed by atoms with Gasteiger partial charge in [-0.25, -0.2) is 0 Å². The van der Waals surface area contributed by atoms with Crippen LogP contribution in [0.5, 0.6) is 0 Å². The molecule has 1 rings (SSSR count). The van der Waals surface area contributed by atoms with Crippen molar-refractivity contribution in [3.63, 3.8) is 0 Å². The summed E-state index contributed by atoms with van der Waals surface area (Å²) < 4.78 is 0.951. The molecule has 62 valence electrons. The van der Waals surface area contributed by atoms with E-state index in [1.165, 1.54) is 23.5 Å². The van der Waals surface area contributed by atoms with E-state index < -0.39 is 6.10 Å². The Bertz CT molecular complexity index is 326. The highest BCUT2D eigenvalue weighted by Gasteiger charge is 2.05. The highest BCUT2D eigenvalue weighted by molar-refractivity contribution is 9.10. The molecule has 0 aliphatic heterocycles. The van der Waals surface area contributed by atoms with Gasteiger partial charge in [0.25, 0.3) is 0 Å². The first kappa shape index (κ1) is 9.46. The number of halogens is 1. The molecule has 0 radical (unpaired) electrons. The van der Waals surface area contributed by atoms with Gasteiger partial charge in [0.15, 0.2) is 0 Å². The molecule has 12 heavy (non-hydrogen) atoms. The molecule has 0 spiro atoms. The van der Waals surface area contributed by atoms with Gasteiger partial charge in [-0.2, -0.15) is 5.26 Å². The SMILES string of the molecule is N#C/C=C/C(O)c1cc(Br)cs1. The Hall–Kier alpha value is -0.630. The molecular weight excluding hydrogens is 238 g/mol. The number of nitrogens with zero attached hydrogens (tertiary/aromatic N) is 1. The van der Waals surface area contributed by atoms with Crippen molar-refractivity contribution < 1.29 is 5.11 Å². The van der Waals surface area contributed by atoms with Crippen molar-refractivity contribution in [2.45, 2.75) is 6.10 Å². The molecule has 1 aromatic heterocycles. The zero-order chi connectivity index (χ0) is 8.97. The number of rotatable bonds is 2. The lowest BCUT2D eigenvalue weighted by Gasteiger charge is -1.98. The Kier molecular flexibility index (Phi) is 3.48. The molecule has 1 unspecified atom stereocenters. The molecule has 0 amide bonds. The van der Waals surface area contributed by atoms with E-state index in [-0.39, 0.29) is 0 Å². The standard InChI is InChI=1S/C8H6BrNOS/c9-6-4-8(12-5-6)7(11)2-1-3-10/h1-2,4-5,7,11H/b2-1+. The van der Waals surface area contributed by atoms with Crippen molar-refractivity contribution in [1.29, 1.82) is 5.26 Å². The highest BCUT2D eigenvalue weighted by atomic mass is 79.9. The fourth-order valence-electron chi connectivity index (χ4n) is 0.712. The number of nitriles is 1. The zero-order valence-electron chi connectivity index (χ0n) is 6.07. The number of thiophene rings is 1. The third-order valence-corrected chi connectivity index (χ3v) is 3.00. The van der Waals surface area contributed by atoms with Gasteiger partial charge >= 0.3 is 0 Å². The van der Waals surface area contributed by atoms with Crippen molar-refractivity contribution >= 4 is 27.3 Å². The number of hydrogen-bond acceptors (Lipinski definition) is 3. The smallest absolute Gasteiger partial charge is 0.107 e. The van der Waals surface area contributed by atoms with Crippen LogP contribution in [0.25, 0.3) is 0 Å². The van der Waals surface area contributed by atoms with Gasteiger partial charge in [0.05, 0.1) is 6.07 Å². The minimum absolute atomic E-state index is 0.666. The quantitative estimate of drug-likeness (QED) is 0.812. The number of aliphatic hydroxyl groups excluding tert-OH is 1.